The summed E-state index contributed by atoms with van der Waals surface area (Å²) in [4.78, 5) is 15.9. The molecule has 25 heavy (non-hydrogen) atoms. The van der Waals surface area contributed by atoms with Gasteiger partial charge in [0.05, 0.1) is 5.56 Å². The molecule has 128 valence electrons. The number of imidazole rings is 1. The van der Waals surface area contributed by atoms with Crippen molar-refractivity contribution in [2.24, 2.45) is 0 Å². The van der Waals surface area contributed by atoms with E-state index in [-0.39, 0.29) is 5.41 Å². The summed E-state index contributed by atoms with van der Waals surface area (Å²) in [7, 11) is 0. The fourth-order valence-corrected chi connectivity index (χ4v) is 2.87. The molecule has 0 unspecified atom stereocenters. The Morgan fingerprint density at radius 1 is 1.08 bits per heavy atom. The zero-order valence-electron chi connectivity index (χ0n) is 14.7. The van der Waals surface area contributed by atoms with E-state index in [2.05, 4.69) is 50.0 Å². The van der Waals surface area contributed by atoms with Gasteiger partial charge in [0.2, 0.25) is 0 Å². The van der Waals surface area contributed by atoms with Crippen LogP contribution < -0.4 is 0 Å². The lowest BCUT2D eigenvalue weighted by Crippen LogP contribution is -2.11. The van der Waals surface area contributed by atoms with Gasteiger partial charge in [-0.2, -0.15) is 0 Å². The largest absolute Gasteiger partial charge is 0.478 e. The molecule has 0 amide bonds. The summed E-state index contributed by atoms with van der Waals surface area (Å²) >= 11 is 0. The van der Waals surface area contributed by atoms with Crippen molar-refractivity contribution in [3.05, 3.63) is 77.6 Å². The summed E-state index contributed by atoms with van der Waals surface area (Å²) < 4.78 is 1.98. The molecule has 1 N–H and O–H groups in total. The molecular formula is C21H22N2O2. The SMILES string of the molecule is CC(C)(C)c1ccc(-c2nccn2Cc2ccccc2C(=O)O)cc1. The maximum absolute atomic E-state index is 11.4. The molecule has 0 saturated heterocycles. The van der Waals surface area contributed by atoms with Gasteiger partial charge in [0, 0.05) is 24.5 Å². The van der Waals surface area contributed by atoms with Crippen molar-refractivity contribution in [1.82, 2.24) is 9.55 Å². The smallest absolute Gasteiger partial charge is 0.336 e. The minimum Gasteiger partial charge on any atom is -0.478 e. The third-order valence-electron chi connectivity index (χ3n) is 4.31. The van der Waals surface area contributed by atoms with Crippen molar-refractivity contribution in [1.29, 1.82) is 0 Å². The van der Waals surface area contributed by atoms with E-state index in [1.807, 2.05) is 22.9 Å². The number of carboxylic acids is 1. The molecule has 1 aromatic heterocycles. The van der Waals surface area contributed by atoms with E-state index in [0.717, 1.165) is 17.0 Å². The summed E-state index contributed by atoms with van der Waals surface area (Å²) in [5, 5.41) is 9.36. The second-order valence-corrected chi connectivity index (χ2v) is 7.17. The standard InChI is InChI=1S/C21H22N2O2/c1-21(2,3)17-10-8-15(9-11-17)19-22-12-13-23(19)14-16-6-4-5-7-18(16)20(24)25/h4-13H,14H2,1-3H3,(H,24,25). The van der Waals surface area contributed by atoms with Gasteiger partial charge >= 0.3 is 5.97 Å². The van der Waals surface area contributed by atoms with Gasteiger partial charge in [0.15, 0.2) is 0 Å². The van der Waals surface area contributed by atoms with Crippen LogP contribution in [0.4, 0.5) is 0 Å². The van der Waals surface area contributed by atoms with Gasteiger partial charge in [0.25, 0.3) is 0 Å². The molecule has 0 fully saturated rings. The third kappa shape index (κ3) is 3.63. The Labute approximate surface area is 147 Å². The molecular weight excluding hydrogens is 312 g/mol. The van der Waals surface area contributed by atoms with Gasteiger partial charge in [-0.1, -0.05) is 63.2 Å². The molecule has 0 radical (unpaired) electrons. The van der Waals surface area contributed by atoms with Crippen molar-refractivity contribution in [2.75, 3.05) is 0 Å². The van der Waals surface area contributed by atoms with Gasteiger partial charge in [-0.05, 0) is 22.6 Å². The number of benzene rings is 2. The van der Waals surface area contributed by atoms with Gasteiger partial charge in [-0.3, -0.25) is 0 Å². The van der Waals surface area contributed by atoms with Crippen LogP contribution in [0.3, 0.4) is 0 Å². The van der Waals surface area contributed by atoms with E-state index in [0.29, 0.717) is 12.1 Å². The molecule has 0 spiro atoms. The Morgan fingerprint density at radius 3 is 2.40 bits per heavy atom. The Morgan fingerprint density at radius 2 is 1.76 bits per heavy atom. The van der Waals surface area contributed by atoms with Crippen LogP contribution in [0.5, 0.6) is 0 Å². The molecule has 0 aliphatic heterocycles. The van der Waals surface area contributed by atoms with E-state index in [9.17, 15) is 9.90 Å². The van der Waals surface area contributed by atoms with Crippen LogP contribution in [-0.4, -0.2) is 20.6 Å². The highest BCUT2D eigenvalue weighted by molar-refractivity contribution is 5.89. The predicted octanol–water partition coefficient (Wildman–Crippen LogP) is 4.59. The molecule has 4 heteroatoms. The molecule has 0 bridgehead atoms. The topological polar surface area (TPSA) is 55.1 Å². The quantitative estimate of drug-likeness (QED) is 0.759. The molecule has 0 atom stereocenters. The summed E-state index contributed by atoms with van der Waals surface area (Å²) in [5.74, 6) is -0.0764. The number of aromatic carboxylic acids is 1. The van der Waals surface area contributed by atoms with Crippen LogP contribution in [0.1, 0.15) is 42.3 Å². The number of carboxylic acid groups (broad SMARTS) is 1. The van der Waals surface area contributed by atoms with Crippen LogP contribution in [0.15, 0.2) is 60.9 Å². The molecule has 0 aliphatic carbocycles. The number of rotatable bonds is 4. The average molecular weight is 334 g/mol. The Kier molecular flexibility index (Phi) is 4.45. The molecule has 1 heterocycles. The summed E-state index contributed by atoms with van der Waals surface area (Å²) in [6, 6.07) is 15.5. The molecule has 3 rings (SSSR count). The third-order valence-corrected chi connectivity index (χ3v) is 4.31. The second-order valence-electron chi connectivity index (χ2n) is 7.17. The van der Waals surface area contributed by atoms with E-state index in [1.54, 1.807) is 18.3 Å². The van der Waals surface area contributed by atoms with Crippen LogP contribution in [0.25, 0.3) is 11.4 Å². The highest BCUT2D eigenvalue weighted by atomic mass is 16.4. The normalized spacial score (nSPS) is 11.5. The zero-order chi connectivity index (χ0) is 18.0. The van der Waals surface area contributed by atoms with Gasteiger partial charge in [-0.25, -0.2) is 9.78 Å². The molecule has 0 aliphatic rings. The number of hydrogen-bond donors (Lipinski definition) is 1. The summed E-state index contributed by atoms with van der Waals surface area (Å²) in [5.41, 5.74) is 3.48. The number of hydrogen-bond acceptors (Lipinski definition) is 2. The fourth-order valence-electron chi connectivity index (χ4n) is 2.87. The molecule has 0 saturated carbocycles. The lowest BCUT2D eigenvalue weighted by Gasteiger charge is -2.19. The highest BCUT2D eigenvalue weighted by Gasteiger charge is 2.15. The zero-order valence-corrected chi connectivity index (χ0v) is 14.7. The van der Waals surface area contributed by atoms with Gasteiger partial charge in [0.1, 0.15) is 5.82 Å². The van der Waals surface area contributed by atoms with E-state index in [1.165, 1.54) is 5.56 Å². The maximum atomic E-state index is 11.4. The lowest BCUT2D eigenvalue weighted by atomic mass is 9.87. The minimum absolute atomic E-state index is 0.106. The highest BCUT2D eigenvalue weighted by Crippen LogP contribution is 2.26. The summed E-state index contributed by atoms with van der Waals surface area (Å²) in [6.07, 6.45) is 3.63. The first-order valence-electron chi connectivity index (χ1n) is 8.29. The fraction of sp³-hybridized carbons (Fsp3) is 0.238. The van der Waals surface area contributed by atoms with Gasteiger partial charge < -0.3 is 9.67 Å². The first-order valence-corrected chi connectivity index (χ1v) is 8.29. The Bertz CT molecular complexity index is 887. The Balaban J connectivity index is 1.93. The number of nitrogens with zero attached hydrogens (tertiary/aromatic N) is 2. The maximum Gasteiger partial charge on any atom is 0.336 e. The number of aromatic nitrogens is 2. The van der Waals surface area contributed by atoms with E-state index >= 15 is 0 Å². The van der Waals surface area contributed by atoms with Crippen molar-refractivity contribution in [3.63, 3.8) is 0 Å². The first kappa shape index (κ1) is 17.0. The lowest BCUT2D eigenvalue weighted by molar-refractivity contribution is 0.0695. The molecule has 4 nitrogen and oxygen atoms in total. The van der Waals surface area contributed by atoms with E-state index < -0.39 is 5.97 Å². The summed E-state index contributed by atoms with van der Waals surface area (Å²) in [6.45, 7) is 7.03. The predicted molar refractivity (Wildman–Crippen MR) is 98.9 cm³/mol. The molecule has 3 aromatic rings. The Hall–Kier alpha value is -2.88. The second kappa shape index (κ2) is 6.55. The van der Waals surface area contributed by atoms with Crippen molar-refractivity contribution >= 4 is 5.97 Å². The van der Waals surface area contributed by atoms with Crippen LogP contribution in [0.2, 0.25) is 0 Å². The van der Waals surface area contributed by atoms with Crippen LogP contribution in [0, 0.1) is 0 Å². The van der Waals surface area contributed by atoms with Crippen LogP contribution >= 0.6 is 0 Å². The van der Waals surface area contributed by atoms with Gasteiger partial charge in [-0.15, -0.1) is 0 Å². The molecule has 2 aromatic carbocycles. The van der Waals surface area contributed by atoms with Crippen LogP contribution in [-0.2, 0) is 12.0 Å². The van der Waals surface area contributed by atoms with E-state index in [4.69, 9.17) is 0 Å². The first-order chi connectivity index (χ1) is 11.9. The van der Waals surface area contributed by atoms with Crippen molar-refractivity contribution in [3.8, 4) is 11.4 Å². The van der Waals surface area contributed by atoms with Crippen molar-refractivity contribution in [2.45, 2.75) is 32.7 Å². The average Bonchev–Trinajstić information content (AvgIpc) is 3.02. The number of carbonyl (C=O) groups is 1. The van der Waals surface area contributed by atoms with Crippen molar-refractivity contribution < 1.29 is 9.90 Å². The monoisotopic (exact) mass is 334 g/mol. The minimum atomic E-state index is -0.910.